The first-order valence-electron chi connectivity index (χ1n) is 6.65. The first-order valence-corrected chi connectivity index (χ1v) is 6.65. The molecule has 0 radical (unpaired) electrons. The third kappa shape index (κ3) is 4.85. The van der Waals surface area contributed by atoms with Crippen LogP contribution in [0.25, 0.3) is 0 Å². The largest absolute Gasteiger partial charge is 0.383 e. The predicted octanol–water partition coefficient (Wildman–Crippen LogP) is 1.46. The van der Waals surface area contributed by atoms with E-state index in [2.05, 4.69) is 20.6 Å². The summed E-state index contributed by atoms with van der Waals surface area (Å²) >= 11 is 0. The van der Waals surface area contributed by atoms with Crippen LogP contribution in [-0.2, 0) is 11.3 Å². The number of anilines is 1. The molecule has 6 nitrogen and oxygen atoms in total. The van der Waals surface area contributed by atoms with Gasteiger partial charge in [0, 0.05) is 32.6 Å². The molecule has 0 atom stereocenters. The van der Waals surface area contributed by atoms with Crippen molar-refractivity contribution in [3.05, 3.63) is 54.1 Å². The van der Waals surface area contributed by atoms with Crippen LogP contribution in [0.5, 0.6) is 0 Å². The third-order valence-electron chi connectivity index (χ3n) is 2.83. The standard InChI is InChI=1S/C15H18N4O2/c1-21-9-8-17-13-2-3-14(18-11-13)15(20)19-10-12-4-6-16-7-5-12/h2-7,11,17H,8-10H2,1H3,(H,19,20). The average molecular weight is 286 g/mol. The van der Waals surface area contributed by atoms with Crippen LogP contribution in [0.4, 0.5) is 5.69 Å². The molecule has 2 rings (SSSR count). The zero-order valence-electron chi connectivity index (χ0n) is 11.9. The van der Waals surface area contributed by atoms with E-state index < -0.39 is 0 Å². The Kier molecular flexibility index (Phi) is 5.66. The molecule has 0 aliphatic rings. The van der Waals surface area contributed by atoms with E-state index in [9.17, 15) is 4.79 Å². The monoisotopic (exact) mass is 286 g/mol. The van der Waals surface area contributed by atoms with Crippen LogP contribution in [-0.4, -0.2) is 36.1 Å². The predicted molar refractivity (Wildman–Crippen MR) is 80.0 cm³/mol. The molecule has 2 aromatic rings. The zero-order chi connectivity index (χ0) is 14.9. The summed E-state index contributed by atoms with van der Waals surface area (Å²) in [5.74, 6) is -0.199. The van der Waals surface area contributed by atoms with Crippen LogP contribution in [0.15, 0.2) is 42.9 Å². The van der Waals surface area contributed by atoms with Crippen LogP contribution < -0.4 is 10.6 Å². The maximum atomic E-state index is 12.0. The summed E-state index contributed by atoms with van der Waals surface area (Å²) in [6.07, 6.45) is 5.03. The van der Waals surface area contributed by atoms with Gasteiger partial charge in [-0.3, -0.25) is 9.78 Å². The molecule has 110 valence electrons. The highest BCUT2D eigenvalue weighted by Crippen LogP contribution is 2.06. The van der Waals surface area contributed by atoms with Crippen molar-refractivity contribution >= 4 is 11.6 Å². The fourth-order valence-corrected chi connectivity index (χ4v) is 1.70. The number of aromatic nitrogens is 2. The summed E-state index contributed by atoms with van der Waals surface area (Å²) in [6.45, 7) is 1.77. The van der Waals surface area contributed by atoms with E-state index in [1.165, 1.54) is 0 Å². The molecule has 0 fully saturated rings. The lowest BCUT2D eigenvalue weighted by Gasteiger charge is -2.07. The van der Waals surface area contributed by atoms with Crippen LogP contribution in [0.3, 0.4) is 0 Å². The van der Waals surface area contributed by atoms with Crippen molar-refractivity contribution < 1.29 is 9.53 Å². The van der Waals surface area contributed by atoms with Crippen molar-refractivity contribution in [1.29, 1.82) is 0 Å². The quantitative estimate of drug-likeness (QED) is 0.754. The number of amides is 1. The number of nitrogens with one attached hydrogen (secondary N) is 2. The van der Waals surface area contributed by atoms with Gasteiger partial charge in [0.15, 0.2) is 0 Å². The van der Waals surface area contributed by atoms with Crippen LogP contribution in [0.2, 0.25) is 0 Å². The van der Waals surface area contributed by atoms with Crippen LogP contribution >= 0.6 is 0 Å². The number of methoxy groups -OCH3 is 1. The van der Waals surface area contributed by atoms with Crippen molar-refractivity contribution in [2.24, 2.45) is 0 Å². The van der Waals surface area contributed by atoms with Gasteiger partial charge in [-0.2, -0.15) is 0 Å². The maximum Gasteiger partial charge on any atom is 0.270 e. The second kappa shape index (κ2) is 7.96. The van der Waals surface area contributed by atoms with Crippen molar-refractivity contribution in [1.82, 2.24) is 15.3 Å². The highest BCUT2D eigenvalue weighted by atomic mass is 16.5. The number of pyridine rings is 2. The Bertz CT molecular complexity index is 558. The summed E-state index contributed by atoms with van der Waals surface area (Å²) in [7, 11) is 1.65. The van der Waals surface area contributed by atoms with E-state index in [-0.39, 0.29) is 5.91 Å². The van der Waals surface area contributed by atoms with Gasteiger partial charge in [0.1, 0.15) is 5.69 Å². The number of hydrogen-bond acceptors (Lipinski definition) is 5. The van der Waals surface area contributed by atoms with Crippen LogP contribution in [0.1, 0.15) is 16.1 Å². The SMILES string of the molecule is COCCNc1ccc(C(=O)NCc2ccncc2)nc1. The van der Waals surface area contributed by atoms with Gasteiger partial charge in [0.2, 0.25) is 0 Å². The fourth-order valence-electron chi connectivity index (χ4n) is 1.70. The van der Waals surface area contributed by atoms with Gasteiger partial charge in [-0.25, -0.2) is 4.98 Å². The summed E-state index contributed by atoms with van der Waals surface area (Å²) in [4.78, 5) is 20.0. The molecule has 6 heteroatoms. The summed E-state index contributed by atoms with van der Waals surface area (Å²) in [5.41, 5.74) is 2.25. The molecule has 0 bridgehead atoms. The first kappa shape index (κ1) is 14.9. The van der Waals surface area contributed by atoms with E-state index >= 15 is 0 Å². The van der Waals surface area contributed by atoms with Gasteiger partial charge in [0.25, 0.3) is 5.91 Å². The summed E-state index contributed by atoms with van der Waals surface area (Å²) in [6, 6.07) is 7.23. The number of rotatable bonds is 7. The molecule has 2 heterocycles. The minimum absolute atomic E-state index is 0.199. The Morgan fingerprint density at radius 3 is 2.71 bits per heavy atom. The lowest BCUT2D eigenvalue weighted by atomic mass is 10.2. The Morgan fingerprint density at radius 1 is 1.24 bits per heavy atom. The molecule has 0 aromatic carbocycles. The second-order valence-electron chi connectivity index (χ2n) is 4.39. The van der Waals surface area contributed by atoms with Crippen molar-refractivity contribution in [2.75, 3.05) is 25.6 Å². The Labute approximate surface area is 123 Å². The zero-order valence-corrected chi connectivity index (χ0v) is 11.9. The number of nitrogens with zero attached hydrogens (tertiary/aromatic N) is 2. The van der Waals surface area contributed by atoms with E-state index in [1.54, 1.807) is 31.8 Å². The first-order chi connectivity index (χ1) is 10.3. The maximum absolute atomic E-state index is 12.0. The molecule has 0 saturated carbocycles. The topological polar surface area (TPSA) is 76.1 Å². The van der Waals surface area contributed by atoms with Gasteiger partial charge in [-0.1, -0.05) is 0 Å². The van der Waals surface area contributed by atoms with Crippen LogP contribution in [0, 0.1) is 0 Å². The third-order valence-corrected chi connectivity index (χ3v) is 2.83. The highest BCUT2D eigenvalue weighted by molar-refractivity contribution is 5.92. The van der Waals surface area contributed by atoms with Gasteiger partial charge in [0.05, 0.1) is 18.5 Å². The average Bonchev–Trinajstić information content (AvgIpc) is 2.54. The van der Waals surface area contributed by atoms with E-state index in [0.29, 0.717) is 25.4 Å². The molecule has 0 aliphatic carbocycles. The normalized spacial score (nSPS) is 10.1. The molecule has 0 aliphatic heterocycles. The van der Waals surface area contributed by atoms with Gasteiger partial charge in [-0.05, 0) is 29.8 Å². The van der Waals surface area contributed by atoms with Gasteiger partial charge < -0.3 is 15.4 Å². The molecular formula is C15H18N4O2. The smallest absolute Gasteiger partial charge is 0.270 e. The second-order valence-corrected chi connectivity index (χ2v) is 4.39. The molecule has 2 aromatic heterocycles. The minimum Gasteiger partial charge on any atom is -0.383 e. The fraction of sp³-hybridized carbons (Fsp3) is 0.267. The Balaban J connectivity index is 1.85. The van der Waals surface area contributed by atoms with Gasteiger partial charge >= 0.3 is 0 Å². The Morgan fingerprint density at radius 2 is 2.05 bits per heavy atom. The lowest BCUT2D eigenvalue weighted by molar-refractivity contribution is 0.0946. The molecule has 0 unspecified atom stereocenters. The minimum atomic E-state index is -0.199. The molecule has 1 amide bonds. The molecule has 0 saturated heterocycles. The summed E-state index contributed by atoms with van der Waals surface area (Å²) in [5, 5.41) is 5.96. The van der Waals surface area contributed by atoms with Crippen molar-refractivity contribution in [3.8, 4) is 0 Å². The molecule has 0 spiro atoms. The van der Waals surface area contributed by atoms with E-state index in [1.807, 2.05) is 18.2 Å². The Hall–Kier alpha value is -2.47. The van der Waals surface area contributed by atoms with Gasteiger partial charge in [-0.15, -0.1) is 0 Å². The van der Waals surface area contributed by atoms with Crippen molar-refractivity contribution in [3.63, 3.8) is 0 Å². The molecule has 2 N–H and O–H groups in total. The molecular weight excluding hydrogens is 268 g/mol. The molecule has 21 heavy (non-hydrogen) atoms. The van der Waals surface area contributed by atoms with Crippen molar-refractivity contribution in [2.45, 2.75) is 6.54 Å². The number of carbonyl (C=O) groups excluding carboxylic acids is 1. The number of hydrogen-bond donors (Lipinski definition) is 2. The number of carbonyl (C=O) groups is 1. The van der Waals surface area contributed by atoms with E-state index in [4.69, 9.17) is 4.74 Å². The summed E-state index contributed by atoms with van der Waals surface area (Å²) < 4.78 is 4.95. The lowest BCUT2D eigenvalue weighted by Crippen LogP contribution is -2.23. The highest BCUT2D eigenvalue weighted by Gasteiger charge is 2.06. The van der Waals surface area contributed by atoms with E-state index in [0.717, 1.165) is 11.3 Å². The number of ether oxygens (including phenoxy) is 1.